The molecule has 0 spiro atoms. The standard InChI is InChI=1S/C20H21F3N2O2S/c1-13(2)11-24-19(27)16-8-3-4-9-17(16)25-18(26)12-28-15-7-5-6-14(10-15)20(21,22)23/h3-10,13H,11-12H2,1-2H3,(H,24,27)(H,25,26). The fourth-order valence-electron chi connectivity index (χ4n) is 2.28. The number of hydrogen-bond acceptors (Lipinski definition) is 3. The van der Waals surface area contributed by atoms with Gasteiger partial charge in [-0.15, -0.1) is 11.8 Å². The summed E-state index contributed by atoms with van der Waals surface area (Å²) in [5, 5.41) is 5.44. The molecule has 2 aromatic rings. The molecule has 0 aliphatic rings. The average molecular weight is 410 g/mol. The fraction of sp³-hybridized carbons (Fsp3) is 0.300. The average Bonchev–Trinajstić information content (AvgIpc) is 2.64. The van der Waals surface area contributed by atoms with Gasteiger partial charge in [0.1, 0.15) is 0 Å². The molecule has 0 radical (unpaired) electrons. The molecule has 0 unspecified atom stereocenters. The monoisotopic (exact) mass is 410 g/mol. The first-order valence-corrected chi connectivity index (χ1v) is 9.62. The van der Waals surface area contributed by atoms with Crippen molar-refractivity contribution < 1.29 is 22.8 Å². The van der Waals surface area contributed by atoms with Gasteiger partial charge in [-0.25, -0.2) is 0 Å². The van der Waals surface area contributed by atoms with E-state index in [-0.39, 0.29) is 17.6 Å². The van der Waals surface area contributed by atoms with Gasteiger partial charge in [0.15, 0.2) is 0 Å². The van der Waals surface area contributed by atoms with Crippen LogP contribution in [0.15, 0.2) is 53.4 Å². The lowest BCUT2D eigenvalue weighted by molar-refractivity contribution is -0.137. The van der Waals surface area contributed by atoms with E-state index in [9.17, 15) is 22.8 Å². The van der Waals surface area contributed by atoms with Gasteiger partial charge in [-0.3, -0.25) is 9.59 Å². The summed E-state index contributed by atoms with van der Waals surface area (Å²) in [7, 11) is 0. The summed E-state index contributed by atoms with van der Waals surface area (Å²) in [4.78, 5) is 24.9. The Morgan fingerprint density at radius 1 is 1.07 bits per heavy atom. The number of hydrogen-bond donors (Lipinski definition) is 2. The molecule has 2 rings (SSSR count). The molecule has 2 N–H and O–H groups in total. The van der Waals surface area contributed by atoms with Gasteiger partial charge in [0.2, 0.25) is 5.91 Å². The number of nitrogens with one attached hydrogen (secondary N) is 2. The summed E-state index contributed by atoms with van der Waals surface area (Å²) < 4.78 is 38.3. The molecule has 0 aliphatic heterocycles. The van der Waals surface area contributed by atoms with Gasteiger partial charge in [0, 0.05) is 11.4 Å². The zero-order valence-electron chi connectivity index (χ0n) is 15.5. The van der Waals surface area contributed by atoms with Gasteiger partial charge in [-0.05, 0) is 36.2 Å². The summed E-state index contributed by atoms with van der Waals surface area (Å²) in [6.07, 6.45) is -4.43. The van der Waals surface area contributed by atoms with Crippen LogP contribution >= 0.6 is 11.8 Å². The number of anilines is 1. The molecule has 0 aliphatic carbocycles. The van der Waals surface area contributed by atoms with E-state index in [0.717, 1.165) is 23.9 Å². The Kier molecular flexibility index (Phi) is 7.51. The van der Waals surface area contributed by atoms with Gasteiger partial charge in [-0.2, -0.15) is 13.2 Å². The number of halogens is 3. The fourth-order valence-corrected chi connectivity index (χ4v) is 3.03. The SMILES string of the molecule is CC(C)CNC(=O)c1ccccc1NC(=O)CSc1cccc(C(F)(F)F)c1. The third-order valence-corrected chi connectivity index (χ3v) is 4.64. The third-order valence-electron chi connectivity index (χ3n) is 3.65. The van der Waals surface area contributed by atoms with E-state index in [0.29, 0.717) is 22.7 Å². The van der Waals surface area contributed by atoms with E-state index in [1.54, 1.807) is 24.3 Å². The predicted octanol–water partition coefficient (Wildman–Crippen LogP) is 4.82. The minimum Gasteiger partial charge on any atom is -0.352 e. The summed E-state index contributed by atoms with van der Waals surface area (Å²) in [5.74, 6) is -0.500. The Hall–Kier alpha value is -2.48. The quantitative estimate of drug-likeness (QED) is 0.644. The second-order valence-electron chi connectivity index (χ2n) is 6.51. The van der Waals surface area contributed by atoms with Crippen molar-refractivity contribution in [3.05, 3.63) is 59.7 Å². The van der Waals surface area contributed by atoms with Crippen molar-refractivity contribution in [1.29, 1.82) is 0 Å². The van der Waals surface area contributed by atoms with Crippen molar-refractivity contribution in [2.24, 2.45) is 5.92 Å². The summed E-state index contributed by atoms with van der Waals surface area (Å²) in [6.45, 7) is 4.45. The maximum atomic E-state index is 12.8. The summed E-state index contributed by atoms with van der Waals surface area (Å²) in [5.41, 5.74) is -0.0657. The first-order chi connectivity index (χ1) is 13.2. The van der Waals surface area contributed by atoms with E-state index in [1.807, 2.05) is 13.8 Å². The van der Waals surface area contributed by atoms with Crippen LogP contribution in [0, 0.1) is 5.92 Å². The number of amides is 2. The van der Waals surface area contributed by atoms with E-state index in [1.165, 1.54) is 12.1 Å². The highest BCUT2D eigenvalue weighted by molar-refractivity contribution is 8.00. The number of thioether (sulfide) groups is 1. The Morgan fingerprint density at radius 2 is 1.79 bits per heavy atom. The molecule has 2 aromatic carbocycles. The van der Waals surface area contributed by atoms with Crippen LogP contribution in [0.1, 0.15) is 29.8 Å². The van der Waals surface area contributed by atoms with Crippen LogP contribution in [-0.4, -0.2) is 24.1 Å². The maximum Gasteiger partial charge on any atom is 0.416 e. The molecular formula is C20H21F3N2O2S. The highest BCUT2D eigenvalue weighted by Gasteiger charge is 2.30. The largest absolute Gasteiger partial charge is 0.416 e. The Labute approximate surface area is 165 Å². The minimum absolute atomic E-state index is 0.0801. The topological polar surface area (TPSA) is 58.2 Å². The molecule has 8 heteroatoms. The maximum absolute atomic E-state index is 12.8. The lowest BCUT2D eigenvalue weighted by atomic mass is 10.1. The summed E-state index contributed by atoms with van der Waals surface area (Å²) in [6, 6.07) is 11.4. The molecule has 4 nitrogen and oxygen atoms in total. The van der Waals surface area contributed by atoms with Gasteiger partial charge < -0.3 is 10.6 Å². The Morgan fingerprint density at radius 3 is 2.46 bits per heavy atom. The van der Waals surface area contributed by atoms with E-state index in [2.05, 4.69) is 10.6 Å². The highest BCUT2D eigenvalue weighted by Crippen LogP contribution is 2.31. The molecule has 0 aromatic heterocycles. The van der Waals surface area contributed by atoms with Gasteiger partial charge in [0.25, 0.3) is 5.91 Å². The molecule has 2 amide bonds. The van der Waals surface area contributed by atoms with Crippen molar-refractivity contribution in [3.8, 4) is 0 Å². The number of carbonyl (C=O) groups is 2. The van der Waals surface area contributed by atoms with Crippen molar-refractivity contribution in [2.75, 3.05) is 17.6 Å². The Balaban J connectivity index is 2.00. The van der Waals surface area contributed by atoms with Gasteiger partial charge >= 0.3 is 6.18 Å². The van der Waals surface area contributed by atoms with E-state index in [4.69, 9.17) is 0 Å². The minimum atomic E-state index is -4.43. The Bertz CT molecular complexity index is 838. The van der Waals surface area contributed by atoms with Gasteiger partial charge in [-0.1, -0.05) is 32.0 Å². The zero-order valence-corrected chi connectivity index (χ0v) is 16.3. The van der Waals surface area contributed by atoms with Crippen LogP contribution in [0.2, 0.25) is 0 Å². The lowest BCUT2D eigenvalue weighted by Crippen LogP contribution is -2.28. The van der Waals surface area contributed by atoms with Crippen LogP contribution in [0.3, 0.4) is 0 Å². The molecule has 0 bridgehead atoms. The highest BCUT2D eigenvalue weighted by atomic mass is 32.2. The predicted molar refractivity (Wildman–Crippen MR) is 104 cm³/mol. The number of para-hydroxylation sites is 1. The molecular weight excluding hydrogens is 389 g/mol. The molecule has 28 heavy (non-hydrogen) atoms. The first kappa shape index (κ1) is 21.8. The number of alkyl halides is 3. The molecule has 0 heterocycles. The van der Waals surface area contributed by atoms with E-state index >= 15 is 0 Å². The van der Waals surface area contributed by atoms with E-state index < -0.39 is 17.6 Å². The first-order valence-electron chi connectivity index (χ1n) is 8.64. The van der Waals surface area contributed by atoms with Crippen molar-refractivity contribution >= 4 is 29.3 Å². The normalized spacial score (nSPS) is 11.4. The number of rotatable bonds is 7. The second kappa shape index (κ2) is 9.64. The summed E-state index contributed by atoms with van der Waals surface area (Å²) >= 11 is 0.994. The molecule has 150 valence electrons. The van der Waals surface area contributed by atoms with Crippen LogP contribution < -0.4 is 10.6 Å². The smallest absolute Gasteiger partial charge is 0.352 e. The van der Waals surface area contributed by atoms with Gasteiger partial charge in [0.05, 0.1) is 22.6 Å². The van der Waals surface area contributed by atoms with Crippen LogP contribution in [-0.2, 0) is 11.0 Å². The molecule has 0 saturated heterocycles. The zero-order chi connectivity index (χ0) is 20.7. The van der Waals surface area contributed by atoms with Crippen molar-refractivity contribution in [3.63, 3.8) is 0 Å². The lowest BCUT2D eigenvalue weighted by Gasteiger charge is -2.12. The van der Waals surface area contributed by atoms with Crippen molar-refractivity contribution in [1.82, 2.24) is 5.32 Å². The molecule has 0 saturated carbocycles. The van der Waals surface area contributed by atoms with Crippen molar-refractivity contribution in [2.45, 2.75) is 24.9 Å². The number of carbonyl (C=O) groups excluding carboxylic acids is 2. The van der Waals surface area contributed by atoms with Crippen LogP contribution in [0.25, 0.3) is 0 Å². The molecule has 0 atom stereocenters. The molecule has 0 fully saturated rings. The third kappa shape index (κ3) is 6.60. The second-order valence-corrected chi connectivity index (χ2v) is 7.56. The van der Waals surface area contributed by atoms with Crippen LogP contribution in [0.4, 0.5) is 18.9 Å². The number of benzene rings is 2. The van der Waals surface area contributed by atoms with Crippen LogP contribution in [0.5, 0.6) is 0 Å².